The van der Waals surface area contributed by atoms with Gasteiger partial charge in [0.05, 0.1) is 16.8 Å². The van der Waals surface area contributed by atoms with E-state index in [1.54, 1.807) is 6.07 Å². The second-order valence-electron chi connectivity index (χ2n) is 7.91. The highest BCUT2D eigenvalue weighted by molar-refractivity contribution is 7.14. The zero-order valence-electron chi connectivity index (χ0n) is 17.1. The first-order valence-corrected chi connectivity index (χ1v) is 11.0. The molecule has 12 heteroatoms. The van der Waals surface area contributed by atoms with Crippen molar-refractivity contribution in [3.05, 3.63) is 33.9 Å². The van der Waals surface area contributed by atoms with Crippen LogP contribution in [-0.2, 0) is 13.1 Å². The third-order valence-corrected chi connectivity index (χ3v) is 7.04. The summed E-state index contributed by atoms with van der Waals surface area (Å²) in [5.41, 5.74) is 7.55. The Kier molecular flexibility index (Phi) is 5.78. The number of thiophene rings is 1. The maximum atomic E-state index is 14.3. The normalized spacial score (nSPS) is 22.7. The second-order valence-corrected chi connectivity index (χ2v) is 9.04. The lowest BCUT2D eigenvalue weighted by atomic mass is 9.87. The van der Waals surface area contributed by atoms with E-state index in [-0.39, 0.29) is 16.2 Å². The number of nitrogens with one attached hydrogen (secondary N) is 1. The zero-order valence-corrected chi connectivity index (χ0v) is 17.9. The van der Waals surface area contributed by atoms with Gasteiger partial charge >= 0.3 is 6.30 Å². The molecule has 1 saturated carbocycles. The van der Waals surface area contributed by atoms with Crippen LogP contribution in [-0.4, -0.2) is 44.9 Å². The van der Waals surface area contributed by atoms with Crippen molar-refractivity contribution in [2.24, 2.45) is 5.73 Å². The van der Waals surface area contributed by atoms with E-state index in [0.29, 0.717) is 36.1 Å². The highest BCUT2D eigenvalue weighted by Crippen LogP contribution is 2.38. The SMILES string of the molecule is CCc1sc(C(=O)NC2C(N)CCCC2(F)F)cc1-c1cnn2c1C=CN(C(F)(F)F)C2. The number of aryl methyl sites for hydroxylation is 1. The number of amides is 1. The molecule has 1 fully saturated rings. The minimum Gasteiger partial charge on any atom is -0.341 e. The predicted octanol–water partition coefficient (Wildman–Crippen LogP) is 4.18. The van der Waals surface area contributed by atoms with Gasteiger partial charge in [-0.2, -0.15) is 18.3 Å². The Morgan fingerprint density at radius 1 is 1.38 bits per heavy atom. The lowest BCUT2D eigenvalue weighted by molar-refractivity contribution is -0.237. The summed E-state index contributed by atoms with van der Waals surface area (Å²) >= 11 is 1.16. The van der Waals surface area contributed by atoms with Gasteiger partial charge in [0.2, 0.25) is 0 Å². The van der Waals surface area contributed by atoms with E-state index in [1.165, 1.54) is 17.0 Å². The van der Waals surface area contributed by atoms with Gasteiger partial charge in [-0.15, -0.1) is 11.3 Å². The van der Waals surface area contributed by atoms with Crippen molar-refractivity contribution in [2.75, 3.05) is 0 Å². The molecule has 2 unspecified atom stereocenters. The molecule has 6 nitrogen and oxygen atoms in total. The smallest absolute Gasteiger partial charge is 0.341 e. The average molecular weight is 475 g/mol. The van der Waals surface area contributed by atoms with Crippen LogP contribution in [0.1, 0.15) is 46.4 Å². The molecule has 4 rings (SSSR count). The van der Waals surface area contributed by atoms with Gasteiger partial charge < -0.3 is 11.1 Å². The fraction of sp³-hybridized carbons (Fsp3) is 0.500. The molecule has 3 N–H and O–H groups in total. The predicted molar refractivity (Wildman–Crippen MR) is 110 cm³/mol. The molecular formula is C20H22F5N5OS. The van der Waals surface area contributed by atoms with Crippen molar-refractivity contribution >= 4 is 23.3 Å². The summed E-state index contributed by atoms with van der Waals surface area (Å²) in [6.07, 6.45) is 0.116. The summed E-state index contributed by atoms with van der Waals surface area (Å²) in [5, 5.41) is 6.46. The summed E-state index contributed by atoms with van der Waals surface area (Å²) in [6.45, 7) is 1.39. The highest BCUT2D eigenvalue weighted by atomic mass is 32.1. The highest BCUT2D eigenvalue weighted by Gasteiger charge is 2.46. The summed E-state index contributed by atoms with van der Waals surface area (Å²) in [4.78, 5) is 14.0. The summed E-state index contributed by atoms with van der Waals surface area (Å²) < 4.78 is 68.7. The number of nitrogens with two attached hydrogens (primary N) is 1. The summed E-state index contributed by atoms with van der Waals surface area (Å²) in [5.74, 6) is -3.72. The number of alkyl halides is 5. The van der Waals surface area contributed by atoms with Gasteiger partial charge in [-0.25, -0.2) is 13.5 Å². The molecule has 2 atom stereocenters. The fourth-order valence-corrected chi connectivity index (χ4v) is 5.09. The van der Waals surface area contributed by atoms with Crippen LogP contribution >= 0.6 is 11.3 Å². The number of hydrogen-bond acceptors (Lipinski definition) is 5. The van der Waals surface area contributed by atoms with Gasteiger partial charge in [0.15, 0.2) is 0 Å². The van der Waals surface area contributed by atoms with Gasteiger partial charge in [-0.1, -0.05) is 6.92 Å². The molecule has 0 spiro atoms. The van der Waals surface area contributed by atoms with Crippen molar-refractivity contribution < 1.29 is 26.7 Å². The molecule has 0 saturated heterocycles. The number of aromatic nitrogens is 2. The minimum absolute atomic E-state index is 0.206. The fourth-order valence-electron chi connectivity index (χ4n) is 4.07. The zero-order chi connectivity index (χ0) is 23.3. The maximum absolute atomic E-state index is 14.3. The molecule has 3 heterocycles. The standard InChI is InChI=1S/C20H22F5N5OS/c1-2-15-11(12-9-27-30-10-29(20(23,24)25)7-5-14(12)30)8-16(32-15)18(31)28-17-13(26)4-3-6-19(17,21)22/h5,7-9,13,17H,2-4,6,10,26H2,1H3,(H,28,31). The number of hydrogen-bond donors (Lipinski definition) is 2. The first-order valence-electron chi connectivity index (χ1n) is 10.2. The molecule has 2 aromatic rings. The van der Waals surface area contributed by atoms with Crippen LogP contribution in [0.4, 0.5) is 22.0 Å². The lowest BCUT2D eigenvalue weighted by Gasteiger charge is -2.36. The van der Waals surface area contributed by atoms with Crippen molar-refractivity contribution in [3.8, 4) is 11.1 Å². The lowest BCUT2D eigenvalue weighted by Crippen LogP contribution is -2.59. The molecule has 1 aliphatic carbocycles. The molecule has 2 aliphatic rings. The van der Waals surface area contributed by atoms with Crippen molar-refractivity contribution in [2.45, 2.75) is 63.6 Å². The van der Waals surface area contributed by atoms with Gasteiger partial charge in [0.25, 0.3) is 11.8 Å². The number of fused-ring (bicyclic) bond motifs is 1. The van der Waals surface area contributed by atoms with E-state index in [2.05, 4.69) is 10.4 Å². The van der Waals surface area contributed by atoms with Crippen molar-refractivity contribution in [3.63, 3.8) is 0 Å². The maximum Gasteiger partial charge on any atom is 0.485 e. The van der Waals surface area contributed by atoms with Crippen LogP contribution in [0.2, 0.25) is 0 Å². The molecule has 2 aromatic heterocycles. The monoisotopic (exact) mass is 475 g/mol. The van der Waals surface area contributed by atoms with Gasteiger partial charge in [-0.3, -0.25) is 9.69 Å². The quantitative estimate of drug-likeness (QED) is 0.514. The topological polar surface area (TPSA) is 76.2 Å². The number of carbonyl (C=O) groups is 1. The molecule has 0 radical (unpaired) electrons. The first-order chi connectivity index (χ1) is 15.0. The Labute approximate surface area is 184 Å². The number of nitrogens with zero attached hydrogens (tertiary/aromatic N) is 3. The van der Waals surface area contributed by atoms with E-state index in [0.717, 1.165) is 22.4 Å². The third kappa shape index (κ3) is 4.13. The Balaban J connectivity index is 1.61. The second kappa shape index (κ2) is 8.14. The largest absolute Gasteiger partial charge is 0.485 e. The molecule has 1 amide bonds. The number of rotatable bonds is 4. The Morgan fingerprint density at radius 2 is 2.12 bits per heavy atom. The van der Waals surface area contributed by atoms with Crippen LogP contribution in [0, 0.1) is 0 Å². The van der Waals surface area contributed by atoms with Crippen LogP contribution in [0.5, 0.6) is 0 Å². The molecule has 0 bridgehead atoms. The van der Waals surface area contributed by atoms with Crippen LogP contribution in [0.15, 0.2) is 18.5 Å². The van der Waals surface area contributed by atoms with E-state index in [4.69, 9.17) is 5.73 Å². The molecule has 0 aromatic carbocycles. The number of halogens is 5. The molecule has 174 valence electrons. The van der Waals surface area contributed by atoms with Gasteiger partial charge in [-0.05, 0) is 31.4 Å². The molecule has 1 aliphatic heterocycles. The minimum atomic E-state index is -4.52. The van der Waals surface area contributed by atoms with Crippen LogP contribution in [0.3, 0.4) is 0 Å². The van der Waals surface area contributed by atoms with Crippen molar-refractivity contribution in [1.29, 1.82) is 0 Å². The molecule has 32 heavy (non-hydrogen) atoms. The third-order valence-electron chi connectivity index (χ3n) is 5.77. The average Bonchev–Trinajstić information content (AvgIpc) is 3.33. The van der Waals surface area contributed by atoms with Crippen LogP contribution < -0.4 is 11.1 Å². The molecular weight excluding hydrogens is 453 g/mol. The first kappa shape index (κ1) is 22.7. The van der Waals surface area contributed by atoms with Crippen molar-refractivity contribution in [1.82, 2.24) is 20.0 Å². The van der Waals surface area contributed by atoms with Gasteiger partial charge in [0, 0.05) is 34.7 Å². The van der Waals surface area contributed by atoms with E-state index in [9.17, 15) is 26.7 Å². The van der Waals surface area contributed by atoms with Crippen LogP contribution in [0.25, 0.3) is 17.2 Å². The Morgan fingerprint density at radius 3 is 2.78 bits per heavy atom. The summed E-state index contributed by atoms with van der Waals surface area (Å²) in [6, 6.07) is -0.704. The van der Waals surface area contributed by atoms with Gasteiger partial charge in [0.1, 0.15) is 12.7 Å². The Hall–Kier alpha value is -2.47. The Bertz CT molecular complexity index is 1040. The van der Waals surface area contributed by atoms with E-state index >= 15 is 0 Å². The summed E-state index contributed by atoms with van der Waals surface area (Å²) in [7, 11) is 0. The van der Waals surface area contributed by atoms with E-state index < -0.39 is 36.9 Å². The van der Waals surface area contributed by atoms with E-state index in [1.807, 2.05) is 6.92 Å². The number of carbonyl (C=O) groups excluding carboxylic acids is 1.